The number of rotatable bonds is 7. The molecule has 0 radical (unpaired) electrons. The highest BCUT2D eigenvalue weighted by Gasteiger charge is 2.33. The Morgan fingerprint density at radius 2 is 1.93 bits per heavy atom. The summed E-state index contributed by atoms with van der Waals surface area (Å²) >= 11 is 6.37. The Bertz CT molecular complexity index is 991. The van der Waals surface area contributed by atoms with E-state index in [4.69, 9.17) is 21.1 Å². The number of nitrogens with zero attached hydrogens (tertiary/aromatic N) is 1. The second-order valence-corrected chi connectivity index (χ2v) is 7.28. The number of amides is 3. The fourth-order valence-corrected chi connectivity index (χ4v) is 3.14. The van der Waals surface area contributed by atoms with Crippen molar-refractivity contribution >= 4 is 29.6 Å². The lowest BCUT2D eigenvalue weighted by atomic mass is 10.1. The number of imide groups is 1. The van der Waals surface area contributed by atoms with Gasteiger partial charge < -0.3 is 14.8 Å². The molecule has 3 amide bonds. The van der Waals surface area contributed by atoms with Crippen LogP contribution < -0.4 is 14.8 Å². The van der Waals surface area contributed by atoms with Gasteiger partial charge in [-0.3, -0.25) is 9.69 Å². The van der Waals surface area contributed by atoms with Crippen molar-refractivity contribution in [1.29, 1.82) is 0 Å². The SMILES string of the molecule is CCC(C)Oc1c(Cl)cc(/C=C2/NC(=O)N(Cc3ccc(F)cc3)C2=O)cc1OC. The molecule has 2 aromatic rings. The fraction of sp³-hybridized carbons (Fsp3) is 0.273. The summed E-state index contributed by atoms with van der Waals surface area (Å²) in [6.07, 6.45) is 2.28. The van der Waals surface area contributed by atoms with Gasteiger partial charge in [0.2, 0.25) is 0 Å². The highest BCUT2D eigenvalue weighted by Crippen LogP contribution is 2.38. The van der Waals surface area contributed by atoms with E-state index in [0.29, 0.717) is 27.6 Å². The summed E-state index contributed by atoms with van der Waals surface area (Å²) in [6.45, 7) is 3.96. The summed E-state index contributed by atoms with van der Waals surface area (Å²) < 4.78 is 24.3. The van der Waals surface area contributed by atoms with Gasteiger partial charge >= 0.3 is 6.03 Å². The maximum atomic E-state index is 13.1. The van der Waals surface area contributed by atoms with Crippen molar-refractivity contribution in [2.75, 3.05) is 7.11 Å². The van der Waals surface area contributed by atoms with Crippen LogP contribution in [0.15, 0.2) is 42.1 Å². The summed E-state index contributed by atoms with van der Waals surface area (Å²) in [7, 11) is 1.50. The van der Waals surface area contributed by atoms with Gasteiger partial charge in [0.25, 0.3) is 5.91 Å². The highest BCUT2D eigenvalue weighted by molar-refractivity contribution is 6.32. The van der Waals surface area contributed by atoms with Gasteiger partial charge in [0, 0.05) is 0 Å². The van der Waals surface area contributed by atoms with Gasteiger partial charge in [-0.05, 0) is 54.8 Å². The summed E-state index contributed by atoms with van der Waals surface area (Å²) in [6, 6.07) is 8.38. The molecule has 158 valence electrons. The van der Waals surface area contributed by atoms with Crippen LogP contribution in [0.1, 0.15) is 31.4 Å². The van der Waals surface area contributed by atoms with Crippen LogP contribution >= 0.6 is 11.6 Å². The zero-order chi connectivity index (χ0) is 21.8. The Balaban J connectivity index is 1.84. The highest BCUT2D eigenvalue weighted by atomic mass is 35.5. The van der Waals surface area contributed by atoms with Gasteiger partial charge in [0.15, 0.2) is 11.5 Å². The van der Waals surface area contributed by atoms with Gasteiger partial charge in [0.1, 0.15) is 11.5 Å². The molecule has 6 nitrogen and oxygen atoms in total. The molecule has 1 fully saturated rings. The Labute approximate surface area is 179 Å². The van der Waals surface area contributed by atoms with Crippen molar-refractivity contribution in [3.63, 3.8) is 0 Å². The minimum Gasteiger partial charge on any atom is -0.493 e. The van der Waals surface area contributed by atoms with Crippen LogP contribution in [0.4, 0.5) is 9.18 Å². The number of ether oxygens (including phenoxy) is 2. The van der Waals surface area contributed by atoms with E-state index in [2.05, 4.69) is 5.32 Å². The molecule has 1 aliphatic rings. The molecule has 0 aromatic heterocycles. The van der Waals surface area contributed by atoms with E-state index in [1.54, 1.807) is 12.1 Å². The Kier molecular flexibility index (Phi) is 6.62. The second-order valence-electron chi connectivity index (χ2n) is 6.88. The predicted octanol–water partition coefficient (Wildman–Crippen LogP) is 4.76. The van der Waals surface area contributed by atoms with Gasteiger partial charge in [-0.1, -0.05) is 30.7 Å². The van der Waals surface area contributed by atoms with Crippen LogP contribution in [-0.2, 0) is 11.3 Å². The molecule has 0 spiro atoms. The number of halogens is 2. The molecule has 0 saturated carbocycles. The predicted molar refractivity (Wildman–Crippen MR) is 112 cm³/mol. The number of nitrogens with one attached hydrogen (secondary N) is 1. The molecule has 1 heterocycles. The van der Waals surface area contributed by atoms with Gasteiger partial charge in [0.05, 0.1) is 24.8 Å². The zero-order valence-electron chi connectivity index (χ0n) is 16.9. The van der Waals surface area contributed by atoms with Crippen molar-refractivity contribution in [2.24, 2.45) is 0 Å². The van der Waals surface area contributed by atoms with Crippen molar-refractivity contribution in [3.05, 3.63) is 64.1 Å². The minimum atomic E-state index is -0.551. The first-order valence-corrected chi connectivity index (χ1v) is 9.83. The van der Waals surface area contributed by atoms with E-state index < -0.39 is 11.9 Å². The first kappa shape index (κ1) is 21.6. The zero-order valence-corrected chi connectivity index (χ0v) is 17.6. The maximum Gasteiger partial charge on any atom is 0.329 e. The van der Waals surface area contributed by atoms with Crippen molar-refractivity contribution in [1.82, 2.24) is 10.2 Å². The molecule has 0 aliphatic carbocycles. The standard InChI is InChI=1S/C22H22ClFN2O4/c1-4-13(2)30-20-17(23)9-15(11-19(20)29-3)10-18-21(27)26(22(28)25-18)12-14-5-7-16(24)8-6-14/h5-11,13H,4,12H2,1-3H3,(H,25,28)/b18-10+. The van der Waals surface area contributed by atoms with E-state index in [1.165, 1.54) is 37.5 Å². The number of urea groups is 1. The van der Waals surface area contributed by atoms with Crippen molar-refractivity contribution in [2.45, 2.75) is 32.9 Å². The van der Waals surface area contributed by atoms with Gasteiger partial charge in [-0.15, -0.1) is 0 Å². The third kappa shape index (κ3) is 4.74. The van der Waals surface area contributed by atoms with E-state index in [-0.39, 0.29) is 24.2 Å². The summed E-state index contributed by atoms with van der Waals surface area (Å²) in [4.78, 5) is 26.0. The molecule has 1 atom stereocenters. The molecule has 1 aliphatic heterocycles. The Hall–Kier alpha value is -3.06. The molecule has 1 N–H and O–H groups in total. The van der Waals surface area contributed by atoms with Gasteiger partial charge in [-0.2, -0.15) is 0 Å². The largest absolute Gasteiger partial charge is 0.493 e. The van der Waals surface area contributed by atoms with Crippen LogP contribution in [0.5, 0.6) is 11.5 Å². The number of benzene rings is 2. The number of carbonyl (C=O) groups excluding carboxylic acids is 2. The molecule has 1 unspecified atom stereocenters. The average molecular weight is 433 g/mol. The first-order chi connectivity index (χ1) is 14.3. The molecule has 8 heteroatoms. The topological polar surface area (TPSA) is 67.9 Å². The lowest BCUT2D eigenvalue weighted by molar-refractivity contribution is -0.123. The van der Waals surface area contributed by atoms with Crippen LogP contribution in [0.3, 0.4) is 0 Å². The lowest BCUT2D eigenvalue weighted by Gasteiger charge is -2.17. The molecular weight excluding hydrogens is 411 g/mol. The average Bonchev–Trinajstić information content (AvgIpc) is 2.98. The quantitative estimate of drug-likeness (QED) is 0.506. The molecule has 1 saturated heterocycles. The third-order valence-corrected chi connectivity index (χ3v) is 4.95. The van der Waals surface area contributed by atoms with E-state index >= 15 is 0 Å². The third-order valence-electron chi connectivity index (χ3n) is 4.67. The van der Waals surface area contributed by atoms with E-state index in [9.17, 15) is 14.0 Å². The smallest absolute Gasteiger partial charge is 0.329 e. The van der Waals surface area contributed by atoms with Crippen molar-refractivity contribution in [3.8, 4) is 11.5 Å². The number of hydrogen-bond donors (Lipinski definition) is 1. The Morgan fingerprint density at radius 3 is 2.57 bits per heavy atom. The Morgan fingerprint density at radius 1 is 1.23 bits per heavy atom. The van der Waals surface area contributed by atoms with Crippen LogP contribution in [-0.4, -0.2) is 30.1 Å². The summed E-state index contributed by atoms with van der Waals surface area (Å²) in [5.74, 6) is -0.0209. The van der Waals surface area contributed by atoms with Crippen LogP contribution in [0, 0.1) is 5.82 Å². The normalized spacial score (nSPS) is 16.0. The minimum absolute atomic E-state index is 0.0358. The molecule has 30 heavy (non-hydrogen) atoms. The van der Waals surface area contributed by atoms with Gasteiger partial charge in [-0.25, -0.2) is 9.18 Å². The molecule has 2 aromatic carbocycles. The molecular formula is C22H22ClFN2O4. The molecule has 0 bridgehead atoms. The van der Waals surface area contributed by atoms with Crippen LogP contribution in [0.25, 0.3) is 6.08 Å². The number of hydrogen-bond acceptors (Lipinski definition) is 4. The summed E-state index contributed by atoms with van der Waals surface area (Å²) in [5.41, 5.74) is 1.31. The lowest BCUT2D eigenvalue weighted by Crippen LogP contribution is -2.30. The fourth-order valence-electron chi connectivity index (χ4n) is 2.88. The van der Waals surface area contributed by atoms with E-state index in [1.807, 2.05) is 13.8 Å². The molecule has 3 rings (SSSR count). The monoisotopic (exact) mass is 432 g/mol. The number of methoxy groups -OCH3 is 1. The number of carbonyl (C=O) groups is 2. The second kappa shape index (κ2) is 9.17. The van der Waals surface area contributed by atoms with Crippen molar-refractivity contribution < 1.29 is 23.5 Å². The maximum absolute atomic E-state index is 13.1. The van der Waals surface area contributed by atoms with Crippen LogP contribution in [0.2, 0.25) is 5.02 Å². The van der Waals surface area contributed by atoms with E-state index in [0.717, 1.165) is 11.3 Å². The first-order valence-electron chi connectivity index (χ1n) is 9.45. The summed E-state index contributed by atoms with van der Waals surface area (Å²) in [5, 5.41) is 2.89.